The van der Waals surface area contributed by atoms with Crippen LogP contribution in [0.4, 0.5) is 13.2 Å². The topological polar surface area (TPSA) is 45.4 Å². The van der Waals surface area contributed by atoms with E-state index in [-0.39, 0.29) is 16.0 Å². The van der Waals surface area contributed by atoms with Crippen LogP contribution in [0.2, 0.25) is 0 Å². The summed E-state index contributed by atoms with van der Waals surface area (Å²) in [6.07, 6.45) is -4.90. The van der Waals surface area contributed by atoms with Crippen LogP contribution in [0.5, 0.6) is 5.75 Å². The molecule has 1 aromatic rings. The minimum atomic E-state index is -4.58. The number of aromatic nitrogens is 1. The van der Waals surface area contributed by atoms with Crippen LogP contribution in [-0.2, 0) is 4.74 Å². The Kier molecular flexibility index (Phi) is 3.58. The predicted octanol–water partition coefficient (Wildman–Crippen LogP) is 1.58. The van der Waals surface area contributed by atoms with Gasteiger partial charge in [-0.3, -0.25) is 0 Å². The van der Waals surface area contributed by atoms with Crippen molar-refractivity contribution < 1.29 is 27.4 Å². The molecule has 1 heterocycles. The fraction of sp³-hybridized carbons (Fsp3) is 0.444. The van der Waals surface area contributed by atoms with Crippen molar-refractivity contribution in [2.24, 2.45) is 0 Å². The lowest BCUT2D eigenvalue weighted by Crippen LogP contribution is -2.30. The summed E-state index contributed by atoms with van der Waals surface area (Å²) in [4.78, 5) is 0. The van der Waals surface area contributed by atoms with E-state index in [2.05, 4.69) is 4.74 Å². The van der Waals surface area contributed by atoms with E-state index >= 15 is 0 Å². The molecule has 4 nitrogen and oxygen atoms in total. The van der Waals surface area contributed by atoms with Crippen LogP contribution >= 0.6 is 0 Å². The average molecular weight is 237 g/mol. The Balaban J connectivity index is 3.15. The Morgan fingerprint density at radius 1 is 1.31 bits per heavy atom. The van der Waals surface area contributed by atoms with Crippen molar-refractivity contribution in [2.45, 2.75) is 12.3 Å². The maximum atomic E-state index is 12.5. The fourth-order valence-corrected chi connectivity index (χ4v) is 1.26. The number of rotatable bonds is 3. The maximum Gasteiger partial charge on any atom is 0.419 e. The zero-order valence-electron chi connectivity index (χ0n) is 8.62. The van der Waals surface area contributed by atoms with E-state index < -0.39 is 12.3 Å². The van der Waals surface area contributed by atoms with Gasteiger partial charge in [0.25, 0.3) is 0 Å². The first kappa shape index (κ1) is 12.6. The molecule has 0 saturated heterocycles. The number of hydrogen-bond acceptors (Lipinski definition) is 3. The van der Waals surface area contributed by atoms with Gasteiger partial charge in [0, 0.05) is 7.11 Å². The maximum absolute atomic E-state index is 12.5. The summed E-state index contributed by atoms with van der Waals surface area (Å²) in [7, 11) is 2.18. The molecule has 0 fully saturated rings. The van der Waals surface area contributed by atoms with Crippen LogP contribution in [0.15, 0.2) is 18.5 Å². The number of nitrogens with zero attached hydrogens (tertiary/aromatic N) is 1. The summed E-state index contributed by atoms with van der Waals surface area (Å²) in [6, 6.07) is 1.11. The molecule has 90 valence electrons. The highest BCUT2D eigenvalue weighted by Crippen LogP contribution is 2.35. The van der Waals surface area contributed by atoms with E-state index in [0.717, 1.165) is 25.6 Å². The van der Waals surface area contributed by atoms with Crippen molar-refractivity contribution in [3.63, 3.8) is 0 Å². The first-order valence-electron chi connectivity index (χ1n) is 4.25. The number of ether oxygens (including phenoxy) is 2. The van der Waals surface area contributed by atoms with Crippen molar-refractivity contribution in [1.29, 1.82) is 0 Å². The second-order valence-electron chi connectivity index (χ2n) is 3.03. The summed E-state index contributed by atoms with van der Waals surface area (Å²) in [5.74, 6) is 0.0406. The van der Waals surface area contributed by atoms with Gasteiger partial charge in [0.15, 0.2) is 18.1 Å². The van der Waals surface area contributed by atoms with E-state index in [9.17, 15) is 18.4 Å². The molecule has 0 aromatic carbocycles. The molecule has 0 saturated carbocycles. The molecule has 1 atom stereocenters. The van der Waals surface area contributed by atoms with Crippen LogP contribution in [0.1, 0.15) is 11.7 Å². The van der Waals surface area contributed by atoms with Gasteiger partial charge in [-0.15, -0.1) is 0 Å². The van der Waals surface area contributed by atoms with Crippen LogP contribution in [0, 0.1) is 5.21 Å². The third-order valence-electron chi connectivity index (χ3n) is 1.91. The monoisotopic (exact) mass is 237 g/mol. The van der Waals surface area contributed by atoms with Gasteiger partial charge < -0.3 is 14.7 Å². The SMILES string of the molecule is COc1cc(C(OC)C(F)(F)F)c[n+]([O-])c1. The second-order valence-corrected chi connectivity index (χ2v) is 3.03. The summed E-state index contributed by atoms with van der Waals surface area (Å²) < 4.78 is 46.8. The Morgan fingerprint density at radius 2 is 1.94 bits per heavy atom. The van der Waals surface area contributed by atoms with Crippen LogP contribution in [0.25, 0.3) is 0 Å². The molecular weight excluding hydrogens is 227 g/mol. The van der Waals surface area contributed by atoms with Crippen molar-refractivity contribution in [3.05, 3.63) is 29.2 Å². The van der Waals surface area contributed by atoms with E-state index in [1.807, 2.05) is 0 Å². The zero-order valence-corrected chi connectivity index (χ0v) is 8.62. The fourth-order valence-electron chi connectivity index (χ4n) is 1.26. The number of alkyl halides is 3. The van der Waals surface area contributed by atoms with Crippen molar-refractivity contribution in [2.75, 3.05) is 14.2 Å². The molecule has 1 rings (SSSR count). The van der Waals surface area contributed by atoms with Crippen molar-refractivity contribution in [1.82, 2.24) is 0 Å². The van der Waals surface area contributed by atoms with E-state index in [0.29, 0.717) is 0 Å². The Morgan fingerprint density at radius 3 is 2.38 bits per heavy atom. The van der Waals surface area contributed by atoms with E-state index in [1.54, 1.807) is 0 Å². The largest absolute Gasteiger partial charge is 0.619 e. The molecule has 0 bridgehead atoms. The highest BCUT2D eigenvalue weighted by atomic mass is 19.4. The molecule has 1 aromatic heterocycles. The lowest BCUT2D eigenvalue weighted by atomic mass is 10.1. The molecular formula is C9H10F3NO3. The number of pyridine rings is 1. The van der Waals surface area contributed by atoms with Crippen molar-refractivity contribution >= 4 is 0 Å². The molecule has 0 amide bonds. The van der Waals surface area contributed by atoms with Gasteiger partial charge in [-0.2, -0.15) is 17.9 Å². The summed E-state index contributed by atoms with van der Waals surface area (Å²) in [5, 5.41) is 11.0. The Hall–Kier alpha value is -1.50. The normalized spacial score (nSPS) is 13.6. The molecule has 0 N–H and O–H groups in total. The quantitative estimate of drug-likeness (QED) is 0.592. The Bertz CT molecular complexity index is 368. The summed E-state index contributed by atoms with van der Waals surface area (Å²) >= 11 is 0. The molecule has 0 aliphatic carbocycles. The van der Waals surface area contributed by atoms with Crippen LogP contribution in [-0.4, -0.2) is 20.4 Å². The van der Waals surface area contributed by atoms with Crippen molar-refractivity contribution in [3.8, 4) is 5.75 Å². The minimum absolute atomic E-state index is 0.0406. The van der Waals surface area contributed by atoms with E-state index in [4.69, 9.17) is 4.74 Å². The molecule has 1 unspecified atom stereocenters. The third-order valence-corrected chi connectivity index (χ3v) is 1.91. The first-order chi connectivity index (χ1) is 7.38. The number of methoxy groups -OCH3 is 2. The van der Waals surface area contributed by atoms with Crippen LogP contribution < -0.4 is 9.47 Å². The van der Waals surface area contributed by atoms with Gasteiger partial charge in [0.05, 0.1) is 12.7 Å². The summed E-state index contributed by atoms with van der Waals surface area (Å²) in [6.45, 7) is 0. The first-order valence-corrected chi connectivity index (χ1v) is 4.25. The lowest BCUT2D eigenvalue weighted by Gasteiger charge is -2.18. The highest BCUT2D eigenvalue weighted by Gasteiger charge is 2.42. The Labute approximate surface area is 89.8 Å². The molecule has 0 spiro atoms. The van der Waals surface area contributed by atoms with Gasteiger partial charge in [0.1, 0.15) is 0 Å². The molecule has 0 aliphatic rings. The highest BCUT2D eigenvalue weighted by molar-refractivity contribution is 5.23. The minimum Gasteiger partial charge on any atom is -0.619 e. The van der Waals surface area contributed by atoms with Gasteiger partial charge >= 0.3 is 6.18 Å². The number of hydrogen-bond donors (Lipinski definition) is 0. The van der Waals surface area contributed by atoms with Gasteiger partial charge in [-0.05, 0) is 6.07 Å². The standard InChI is InChI=1S/C9H10F3NO3/c1-15-7-3-6(4-13(14)5-7)8(16-2)9(10,11)12/h3-5,8H,1-2H3. The molecule has 0 aliphatic heterocycles. The predicted molar refractivity (Wildman–Crippen MR) is 47.8 cm³/mol. The second kappa shape index (κ2) is 4.56. The third kappa shape index (κ3) is 2.75. The zero-order chi connectivity index (χ0) is 12.3. The smallest absolute Gasteiger partial charge is 0.419 e. The molecule has 7 heteroatoms. The summed E-state index contributed by atoms with van der Waals surface area (Å²) in [5.41, 5.74) is -0.302. The average Bonchev–Trinajstić information content (AvgIpc) is 2.15. The van der Waals surface area contributed by atoms with Gasteiger partial charge in [-0.1, -0.05) is 0 Å². The van der Waals surface area contributed by atoms with E-state index in [1.165, 1.54) is 7.11 Å². The van der Waals surface area contributed by atoms with Crippen LogP contribution in [0.3, 0.4) is 0 Å². The van der Waals surface area contributed by atoms with Gasteiger partial charge in [-0.25, -0.2) is 0 Å². The molecule has 0 radical (unpaired) electrons. The lowest BCUT2D eigenvalue weighted by molar-refractivity contribution is -0.606. The number of halogens is 3. The van der Waals surface area contributed by atoms with Gasteiger partial charge in [0.2, 0.25) is 6.20 Å². The molecule has 16 heavy (non-hydrogen) atoms.